The van der Waals surface area contributed by atoms with Gasteiger partial charge in [-0.25, -0.2) is 4.68 Å². The number of nitrogens with one attached hydrogen (secondary N) is 1. The molecule has 0 aliphatic carbocycles. The molecule has 3 heterocycles. The molecule has 1 aliphatic rings. The van der Waals surface area contributed by atoms with Crippen LogP contribution in [0.4, 0.5) is 5.82 Å². The lowest BCUT2D eigenvalue weighted by Gasteiger charge is -2.21. The van der Waals surface area contributed by atoms with E-state index in [1.54, 1.807) is 28.3 Å². The van der Waals surface area contributed by atoms with Crippen molar-refractivity contribution in [3.05, 3.63) is 34.7 Å². The van der Waals surface area contributed by atoms with Crippen LogP contribution in [-0.4, -0.2) is 51.4 Å². The van der Waals surface area contributed by atoms with Gasteiger partial charge in [0.15, 0.2) is 0 Å². The number of anilines is 1. The molecule has 2 N–H and O–H groups in total. The summed E-state index contributed by atoms with van der Waals surface area (Å²) in [4.78, 5) is 15.4. The molecule has 3 rings (SSSR count). The Morgan fingerprint density at radius 3 is 3.18 bits per heavy atom. The number of aromatic nitrogens is 2. The van der Waals surface area contributed by atoms with Crippen molar-refractivity contribution in [2.45, 2.75) is 25.4 Å². The molecule has 2 aromatic heterocycles. The first kappa shape index (κ1) is 15.2. The van der Waals surface area contributed by atoms with Crippen molar-refractivity contribution < 1.29 is 9.90 Å². The van der Waals surface area contributed by atoms with Gasteiger partial charge in [0.2, 0.25) is 5.91 Å². The monoisotopic (exact) mass is 320 g/mol. The van der Waals surface area contributed by atoms with E-state index in [0.29, 0.717) is 18.9 Å². The second kappa shape index (κ2) is 7.04. The van der Waals surface area contributed by atoms with Crippen molar-refractivity contribution in [3.63, 3.8) is 0 Å². The Morgan fingerprint density at radius 1 is 1.50 bits per heavy atom. The topological polar surface area (TPSA) is 70.4 Å². The SMILES string of the molecule is O=C(CN1CCC[C@H]1CO)Nc1ccnn1Cc1cccs1. The van der Waals surface area contributed by atoms with E-state index in [0.717, 1.165) is 19.4 Å². The summed E-state index contributed by atoms with van der Waals surface area (Å²) in [6.07, 6.45) is 3.69. The Bertz CT molecular complexity index is 611. The average Bonchev–Trinajstić information content (AvgIpc) is 3.22. The summed E-state index contributed by atoms with van der Waals surface area (Å²) in [6, 6.07) is 5.97. The van der Waals surface area contributed by atoms with E-state index < -0.39 is 0 Å². The average molecular weight is 320 g/mol. The molecule has 118 valence electrons. The number of carbonyl (C=O) groups excluding carboxylic acids is 1. The van der Waals surface area contributed by atoms with Crippen LogP contribution in [0.5, 0.6) is 0 Å². The van der Waals surface area contributed by atoms with Gasteiger partial charge in [0.25, 0.3) is 0 Å². The zero-order chi connectivity index (χ0) is 15.4. The number of aliphatic hydroxyl groups excluding tert-OH is 1. The first-order chi connectivity index (χ1) is 10.8. The van der Waals surface area contributed by atoms with Gasteiger partial charge >= 0.3 is 0 Å². The Morgan fingerprint density at radius 2 is 2.41 bits per heavy atom. The van der Waals surface area contributed by atoms with Crippen LogP contribution in [0.2, 0.25) is 0 Å². The molecule has 0 bridgehead atoms. The predicted octanol–water partition coefficient (Wildman–Crippen LogP) is 1.39. The third-order valence-corrected chi connectivity index (χ3v) is 4.79. The van der Waals surface area contributed by atoms with E-state index in [1.165, 1.54) is 4.88 Å². The number of aliphatic hydroxyl groups is 1. The number of amides is 1. The van der Waals surface area contributed by atoms with E-state index in [1.807, 2.05) is 22.4 Å². The Hall–Kier alpha value is -1.70. The van der Waals surface area contributed by atoms with Gasteiger partial charge in [0, 0.05) is 17.0 Å². The van der Waals surface area contributed by atoms with Crippen molar-refractivity contribution in [1.82, 2.24) is 14.7 Å². The first-order valence-electron chi connectivity index (χ1n) is 7.45. The van der Waals surface area contributed by atoms with Crippen LogP contribution < -0.4 is 5.32 Å². The molecule has 6 nitrogen and oxygen atoms in total. The first-order valence-corrected chi connectivity index (χ1v) is 8.33. The third-order valence-electron chi connectivity index (χ3n) is 3.93. The van der Waals surface area contributed by atoms with Crippen molar-refractivity contribution in [1.29, 1.82) is 0 Å². The van der Waals surface area contributed by atoms with E-state index in [2.05, 4.69) is 10.4 Å². The largest absolute Gasteiger partial charge is 0.395 e. The van der Waals surface area contributed by atoms with Crippen LogP contribution in [0.15, 0.2) is 29.8 Å². The van der Waals surface area contributed by atoms with E-state index in [-0.39, 0.29) is 18.6 Å². The molecular weight excluding hydrogens is 300 g/mol. The fourth-order valence-electron chi connectivity index (χ4n) is 2.79. The summed E-state index contributed by atoms with van der Waals surface area (Å²) in [5.41, 5.74) is 0. The summed E-state index contributed by atoms with van der Waals surface area (Å²) in [6.45, 7) is 1.95. The van der Waals surface area contributed by atoms with E-state index in [4.69, 9.17) is 0 Å². The minimum absolute atomic E-state index is 0.0618. The lowest BCUT2D eigenvalue weighted by Crippen LogP contribution is -2.38. The van der Waals surface area contributed by atoms with Crippen LogP contribution in [0.3, 0.4) is 0 Å². The lowest BCUT2D eigenvalue weighted by molar-refractivity contribution is -0.117. The highest BCUT2D eigenvalue weighted by molar-refractivity contribution is 7.09. The molecule has 0 saturated carbocycles. The van der Waals surface area contributed by atoms with Gasteiger partial charge in [-0.05, 0) is 30.8 Å². The maximum atomic E-state index is 12.2. The summed E-state index contributed by atoms with van der Waals surface area (Å²) in [7, 11) is 0. The summed E-state index contributed by atoms with van der Waals surface area (Å²) in [5.74, 6) is 0.645. The normalized spacial score (nSPS) is 18.7. The van der Waals surface area contributed by atoms with Crippen LogP contribution in [-0.2, 0) is 11.3 Å². The summed E-state index contributed by atoms with van der Waals surface area (Å²) >= 11 is 1.67. The maximum absolute atomic E-state index is 12.2. The van der Waals surface area contributed by atoms with Gasteiger partial charge in [-0.3, -0.25) is 9.69 Å². The van der Waals surface area contributed by atoms with Gasteiger partial charge in [-0.1, -0.05) is 6.07 Å². The second-order valence-electron chi connectivity index (χ2n) is 5.45. The second-order valence-corrected chi connectivity index (χ2v) is 6.48. The van der Waals surface area contributed by atoms with Crippen molar-refractivity contribution in [2.24, 2.45) is 0 Å². The van der Waals surface area contributed by atoms with E-state index >= 15 is 0 Å². The zero-order valence-electron chi connectivity index (χ0n) is 12.3. The number of nitrogens with zero attached hydrogens (tertiary/aromatic N) is 3. The fourth-order valence-corrected chi connectivity index (χ4v) is 3.48. The molecule has 1 amide bonds. The lowest BCUT2D eigenvalue weighted by atomic mass is 10.2. The molecule has 1 atom stereocenters. The number of hydrogen-bond donors (Lipinski definition) is 2. The molecule has 1 saturated heterocycles. The molecule has 0 aromatic carbocycles. The molecule has 2 aromatic rings. The molecule has 0 radical (unpaired) electrons. The van der Waals surface area contributed by atoms with Crippen LogP contribution in [0.25, 0.3) is 0 Å². The minimum atomic E-state index is -0.0618. The van der Waals surface area contributed by atoms with Gasteiger partial charge in [-0.15, -0.1) is 11.3 Å². The third kappa shape index (κ3) is 3.55. The Balaban J connectivity index is 1.59. The number of thiophene rings is 1. The summed E-state index contributed by atoms with van der Waals surface area (Å²) < 4.78 is 1.79. The quantitative estimate of drug-likeness (QED) is 0.844. The zero-order valence-corrected chi connectivity index (χ0v) is 13.1. The molecule has 0 unspecified atom stereocenters. The maximum Gasteiger partial charge on any atom is 0.239 e. The molecular formula is C15H20N4O2S. The molecule has 7 heteroatoms. The van der Waals surface area contributed by atoms with Gasteiger partial charge in [-0.2, -0.15) is 5.10 Å². The number of hydrogen-bond acceptors (Lipinski definition) is 5. The summed E-state index contributed by atoms with van der Waals surface area (Å²) in [5, 5.41) is 18.5. The Kier molecular flexibility index (Phi) is 4.87. The van der Waals surface area contributed by atoms with Gasteiger partial charge in [0.05, 0.1) is 25.9 Å². The highest BCUT2D eigenvalue weighted by Gasteiger charge is 2.25. The van der Waals surface area contributed by atoms with Crippen LogP contribution in [0.1, 0.15) is 17.7 Å². The number of carbonyl (C=O) groups is 1. The minimum Gasteiger partial charge on any atom is -0.395 e. The molecule has 0 spiro atoms. The number of rotatable bonds is 6. The van der Waals surface area contributed by atoms with E-state index in [9.17, 15) is 9.90 Å². The standard InChI is InChI=1S/C15H20N4O2S/c20-11-12-3-1-7-18(12)10-15(21)17-14-5-6-16-19(14)9-13-4-2-8-22-13/h2,4-6,8,12,20H,1,3,7,9-11H2,(H,17,21)/t12-/m0/s1. The number of likely N-dealkylation sites (tertiary alicyclic amines) is 1. The van der Waals surface area contributed by atoms with Crippen LogP contribution in [0, 0.1) is 0 Å². The molecule has 1 fully saturated rings. The van der Waals surface area contributed by atoms with Crippen molar-refractivity contribution in [3.8, 4) is 0 Å². The smallest absolute Gasteiger partial charge is 0.239 e. The van der Waals surface area contributed by atoms with Crippen molar-refractivity contribution in [2.75, 3.05) is 25.0 Å². The van der Waals surface area contributed by atoms with Gasteiger partial charge in [0.1, 0.15) is 5.82 Å². The predicted molar refractivity (Wildman–Crippen MR) is 86.0 cm³/mol. The molecule has 1 aliphatic heterocycles. The highest BCUT2D eigenvalue weighted by Crippen LogP contribution is 2.17. The highest BCUT2D eigenvalue weighted by atomic mass is 32.1. The fraction of sp³-hybridized carbons (Fsp3) is 0.467. The molecule has 22 heavy (non-hydrogen) atoms. The van der Waals surface area contributed by atoms with Gasteiger partial charge < -0.3 is 10.4 Å². The van der Waals surface area contributed by atoms with Crippen LogP contribution >= 0.6 is 11.3 Å². The Labute approximate surface area is 133 Å². The van der Waals surface area contributed by atoms with Crippen molar-refractivity contribution >= 4 is 23.1 Å².